The quantitative estimate of drug-likeness (QED) is 0.910. The molecule has 1 aromatic rings. The van der Waals surface area contributed by atoms with E-state index in [9.17, 15) is 10.1 Å². The van der Waals surface area contributed by atoms with Crippen molar-refractivity contribution in [3.05, 3.63) is 23.8 Å². The Balaban J connectivity index is 2.95. The fourth-order valence-corrected chi connectivity index (χ4v) is 1.42. The molecule has 0 heterocycles. The summed E-state index contributed by atoms with van der Waals surface area (Å²) in [6.07, 6.45) is 0.987. The van der Waals surface area contributed by atoms with Crippen molar-refractivity contribution in [3.63, 3.8) is 0 Å². The van der Waals surface area contributed by atoms with Crippen molar-refractivity contribution in [2.45, 2.75) is 47.1 Å². The Labute approximate surface area is 120 Å². The average molecular weight is 274 g/mol. The van der Waals surface area contributed by atoms with Crippen molar-refractivity contribution in [2.24, 2.45) is 5.41 Å². The second-order valence-corrected chi connectivity index (χ2v) is 5.86. The van der Waals surface area contributed by atoms with Gasteiger partial charge in [0.05, 0.1) is 17.4 Å². The van der Waals surface area contributed by atoms with Crippen LogP contribution in [-0.4, -0.2) is 12.0 Å². The zero-order valence-corrected chi connectivity index (χ0v) is 12.8. The summed E-state index contributed by atoms with van der Waals surface area (Å²) in [6, 6.07) is 7.22. The summed E-state index contributed by atoms with van der Waals surface area (Å²) in [4.78, 5) is 12.0. The Bertz CT molecular complexity index is 524. The SMILES string of the molecule is CCC(C)Oc1ccc(NC(=O)C(C)(C)C)c(C#N)c1. The molecule has 0 spiro atoms. The van der Waals surface area contributed by atoms with Gasteiger partial charge in [-0.3, -0.25) is 4.79 Å². The maximum absolute atomic E-state index is 12.0. The van der Waals surface area contributed by atoms with Gasteiger partial charge in [-0.1, -0.05) is 27.7 Å². The van der Waals surface area contributed by atoms with Crippen LogP contribution in [0.1, 0.15) is 46.6 Å². The molecule has 1 unspecified atom stereocenters. The number of carbonyl (C=O) groups is 1. The number of nitriles is 1. The summed E-state index contributed by atoms with van der Waals surface area (Å²) in [5.74, 6) is 0.522. The number of anilines is 1. The fraction of sp³-hybridized carbons (Fsp3) is 0.500. The molecule has 1 atom stereocenters. The third-order valence-electron chi connectivity index (χ3n) is 2.95. The van der Waals surface area contributed by atoms with Crippen LogP contribution in [0, 0.1) is 16.7 Å². The van der Waals surface area contributed by atoms with E-state index in [0.717, 1.165) is 6.42 Å². The van der Waals surface area contributed by atoms with E-state index in [4.69, 9.17) is 4.74 Å². The van der Waals surface area contributed by atoms with Gasteiger partial charge in [0.2, 0.25) is 5.91 Å². The van der Waals surface area contributed by atoms with Crippen LogP contribution in [0.4, 0.5) is 5.69 Å². The highest BCUT2D eigenvalue weighted by Gasteiger charge is 2.22. The Kier molecular flexibility index (Phi) is 5.15. The molecule has 0 aromatic heterocycles. The molecule has 0 aliphatic heterocycles. The van der Waals surface area contributed by atoms with Gasteiger partial charge in [0.25, 0.3) is 0 Å². The van der Waals surface area contributed by atoms with Gasteiger partial charge in [-0.15, -0.1) is 0 Å². The number of hydrogen-bond donors (Lipinski definition) is 1. The summed E-state index contributed by atoms with van der Waals surface area (Å²) < 4.78 is 5.67. The molecule has 0 radical (unpaired) electrons. The first kappa shape index (κ1) is 16.0. The van der Waals surface area contributed by atoms with Crippen LogP contribution in [0.15, 0.2) is 18.2 Å². The Hall–Kier alpha value is -2.02. The predicted molar refractivity (Wildman–Crippen MR) is 79.6 cm³/mol. The number of hydrogen-bond acceptors (Lipinski definition) is 3. The van der Waals surface area contributed by atoms with E-state index < -0.39 is 5.41 Å². The lowest BCUT2D eigenvalue weighted by molar-refractivity contribution is -0.123. The van der Waals surface area contributed by atoms with Gasteiger partial charge in [-0.05, 0) is 25.5 Å². The van der Waals surface area contributed by atoms with Crippen LogP contribution in [0.3, 0.4) is 0 Å². The molecule has 0 saturated heterocycles. The van der Waals surface area contributed by atoms with Gasteiger partial charge in [0.1, 0.15) is 11.8 Å². The van der Waals surface area contributed by atoms with Crippen LogP contribution < -0.4 is 10.1 Å². The van der Waals surface area contributed by atoms with Gasteiger partial charge < -0.3 is 10.1 Å². The highest BCUT2D eigenvalue weighted by Crippen LogP contribution is 2.25. The summed E-state index contributed by atoms with van der Waals surface area (Å²) in [5, 5.41) is 12.0. The summed E-state index contributed by atoms with van der Waals surface area (Å²) in [6.45, 7) is 9.49. The predicted octanol–water partition coefficient (Wildman–Crippen LogP) is 3.72. The lowest BCUT2D eigenvalue weighted by atomic mass is 9.95. The molecule has 108 valence electrons. The van der Waals surface area contributed by atoms with Gasteiger partial charge in [0.15, 0.2) is 0 Å². The minimum atomic E-state index is -0.501. The molecular formula is C16H22N2O2. The molecule has 0 aliphatic rings. The van der Waals surface area contributed by atoms with E-state index in [0.29, 0.717) is 17.0 Å². The normalized spacial score (nSPS) is 12.4. The lowest BCUT2D eigenvalue weighted by Crippen LogP contribution is -2.28. The van der Waals surface area contributed by atoms with Gasteiger partial charge in [0, 0.05) is 11.5 Å². The number of rotatable bonds is 4. The highest BCUT2D eigenvalue weighted by molar-refractivity contribution is 5.95. The van der Waals surface area contributed by atoms with Gasteiger partial charge >= 0.3 is 0 Å². The number of carbonyl (C=O) groups excluding carboxylic acids is 1. The standard InChI is InChI=1S/C16H22N2O2/c1-6-11(2)20-13-7-8-14(12(9-13)10-17)18-15(19)16(3,4)5/h7-9,11H,6H2,1-5H3,(H,18,19). The third-order valence-corrected chi connectivity index (χ3v) is 2.95. The molecule has 20 heavy (non-hydrogen) atoms. The maximum atomic E-state index is 12.0. The Morgan fingerprint density at radius 1 is 1.45 bits per heavy atom. The molecule has 1 amide bonds. The van der Waals surface area contributed by atoms with E-state index in [1.807, 2.05) is 34.6 Å². The fourth-order valence-electron chi connectivity index (χ4n) is 1.42. The number of nitrogens with zero attached hydrogens (tertiary/aromatic N) is 1. The number of benzene rings is 1. The molecule has 0 fully saturated rings. The van der Waals surface area contributed by atoms with Crippen molar-refractivity contribution in [1.29, 1.82) is 5.26 Å². The van der Waals surface area contributed by atoms with Crippen molar-refractivity contribution < 1.29 is 9.53 Å². The summed E-state index contributed by atoms with van der Waals surface area (Å²) in [5.41, 5.74) is 0.422. The van der Waals surface area contributed by atoms with E-state index in [1.165, 1.54) is 0 Å². The van der Waals surface area contributed by atoms with E-state index in [2.05, 4.69) is 11.4 Å². The molecule has 0 saturated carbocycles. The van der Waals surface area contributed by atoms with Crippen molar-refractivity contribution in [1.82, 2.24) is 0 Å². The second-order valence-electron chi connectivity index (χ2n) is 5.86. The van der Waals surface area contributed by atoms with Crippen molar-refractivity contribution in [3.8, 4) is 11.8 Å². The Morgan fingerprint density at radius 2 is 2.10 bits per heavy atom. The van der Waals surface area contributed by atoms with Crippen LogP contribution in [0.5, 0.6) is 5.75 Å². The van der Waals surface area contributed by atoms with Crippen molar-refractivity contribution >= 4 is 11.6 Å². The third kappa shape index (κ3) is 4.27. The molecule has 4 heteroatoms. The smallest absolute Gasteiger partial charge is 0.229 e. The molecule has 0 aliphatic carbocycles. The van der Waals surface area contributed by atoms with Crippen LogP contribution >= 0.6 is 0 Å². The number of amides is 1. The van der Waals surface area contributed by atoms with E-state index in [1.54, 1.807) is 18.2 Å². The minimum Gasteiger partial charge on any atom is -0.491 e. The summed E-state index contributed by atoms with van der Waals surface area (Å²) in [7, 11) is 0. The highest BCUT2D eigenvalue weighted by atomic mass is 16.5. The lowest BCUT2D eigenvalue weighted by Gasteiger charge is -2.19. The summed E-state index contributed by atoms with van der Waals surface area (Å²) >= 11 is 0. The topological polar surface area (TPSA) is 62.1 Å². The molecule has 1 N–H and O–H groups in total. The first-order valence-corrected chi connectivity index (χ1v) is 6.80. The molecule has 0 bridgehead atoms. The minimum absolute atomic E-state index is 0.0940. The monoisotopic (exact) mass is 274 g/mol. The zero-order chi connectivity index (χ0) is 15.3. The molecule has 1 aromatic carbocycles. The molecular weight excluding hydrogens is 252 g/mol. The zero-order valence-electron chi connectivity index (χ0n) is 12.8. The van der Waals surface area contributed by atoms with E-state index >= 15 is 0 Å². The van der Waals surface area contributed by atoms with Crippen LogP contribution in [0.2, 0.25) is 0 Å². The largest absolute Gasteiger partial charge is 0.491 e. The number of ether oxygens (including phenoxy) is 1. The van der Waals surface area contributed by atoms with Crippen molar-refractivity contribution in [2.75, 3.05) is 5.32 Å². The molecule has 4 nitrogen and oxygen atoms in total. The first-order chi connectivity index (χ1) is 9.27. The maximum Gasteiger partial charge on any atom is 0.229 e. The number of nitrogens with one attached hydrogen (secondary N) is 1. The second kappa shape index (κ2) is 6.42. The van der Waals surface area contributed by atoms with Gasteiger partial charge in [-0.25, -0.2) is 0 Å². The average Bonchev–Trinajstić information content (AvgIpc) is 2.39. The van der Waals surface area contributed by atoms with Crippen LogP contribution in [0.25, 0.3) is 0 Å². The van der Waals surface area contributed by atoms with Crippen LogP contribution in [-0.2, 0) is 4.79 Å². The Morgan fingerprint density at radius 3 is 2.60 bits per heavy atom. The van der Waals surface area contributed by atoms with E-state index in [-0.39, 0.29) is 12.0 Å². The molecule has 1 rings (SSSR count). The van der Waals surface area contributed by atoms with Gasteiger partial charge in [-0.2, -0.15) is 5.26 Å². The first-order valence-electron chi connectivity index (χ1n) is 6.80.